The van der Waals surface area contributed by atoms with Gasteiger partial charge in [0.25, 0.3) is 15.9 Å². The monoisotopic (exact) mass is 370 g/mol. The molecule has 0 aromatic heterocycles. The van der Waals surface area contributed by atoms with E-state index >= 15 is 0 Å². The number of carbonyl (C=O) groups is 1. The third-order valence-electron chi connectivity index (χ3n) is 3.29. The highest BCUT2D eigenvalue weighted by Crippen LogP contribution is 2.30. The Bertz CT molecular complexity index is 934. The maximum atomic E-state index is 13.6. The molecule has 1 aliphatic heterocycles. The number of hydrogen-bond acceptors (Lipinski definition) is 5. The largest absolute Gasteiger partial charge is 0.486 e. The number of fused-ring (bicyclic) bond motifs is 1. The molecular formula is C15H12F2N2O5S. The molecule has 2 N–H and O–H groups in total. The van der Waals surface area contributed by atoms with Gasteiger partial charge >= 0.3 is 0 Å². The average molecular weight is 370 g/mol. The molecule has 3 rings (SSSR count). The van der Waals surface area contributed by atoms with Gasteiger partial charge in [-0.3, -0.25) is 10.2 Å². The number of halogens is 2. The molecule has 0 bridgehead atoms. The van der Waals surface area contributed by atoms with Crippen LogP contribution in [0.25, 0.3) is 0 Å². The quantitative estimate of drug-likeness (QED) is 0.793. The van der Waals surface area contributed by atoms with Crippen molar-refractivity contribution in [3.8, 4) is 11.5 Å². The summed E-state index contributed by atoms with van der Waals surface area (Å²) >= 11 is 0. The molecule has 2 aromatic rings. The van der Waals surface area contributed by atoms with Crippen LogP contribution in [0.5, 0.6) is 11.5 Å². The van der Waals surface area contributed by atoms with Crippen LogP contribution < -0.4 is 19.7 Å². The van der Waals surface area contributed by atoms with Crippen molar-refractivity contribution in [3.63, 3.8) is 0 Å². The molecule has 25 heavy (non-hydrogen) atoms. The van der Waals surface area contributed by atoms with Gasteiger partial charge in [-0.2, -0.15) is 0 Å². The number of sulfonamides is 1. The van der Waals surface area contributed by atoms with E-state index in [1.807, 2.05) is 5.43 Å². The first-order chi connectivity index (χ1) is 11.9. The summed E-state index contributed by atoms with van der Waals surface area (Å²) in [5, 5.41) is 0. The smallest absolute Gasteiger partial charge is 0.266 e. The van der Waals surface area contributed by atoms with Crippen molar-refractivity contribution in [3.05, 3.63) is 53.6 Å². The van der Waals surface area contributed by atoms with Gasteiger partial charge in [0.1, 0.15) is 29.7 Å². The second-order valence-electron chi connectivity index (χ2n) is 4.99. The second kappa shape index (κ2) is 6.65. The lowest BCUT2D eigenvalue weighted by Crippen LogP contribution is -2.41. The van der Waals surface area contributed by atoms with Crippen LogP contribution in [0.1, 0.15) is 10.4 Å². The van der Waals surface area contributed by atoms with Crippen LogP contribution in [0, 0.1) is 11.6 Å². The normalized spacial score (nSPS) is 13.4. The second-order valence-corrected chi connectivity index (χ2v) is 6.64. The Hall–Kier alpha value is -2.72. The van der Waals surface area contributed by atoms with Crippen LogP contribution in [0.2, 0.25) is 0 Å². The number of nitrogens with one attached hydrogen (secondary N) is 2. The highest BCUT2D eigenvalue weighted by molar-refractivity contribution is 7.89. The van der Waals surface area contributed by atoms with Crippen LogP contribution in [0.15, 0.2) is 41.3 Å². The molecule has 0 saturated heterocycles. The fourth-order valence-corrected chi connectivity index (χ4v) is 3.02. The number of ether oxygens (including phenoxy) is 2. The first-order valence-electron chi connectivity index (χ1n) is 7.04. The lowest BCUT2D eigenvalue weighted by Gasteiger charge is -2.18. The number of rotatable bonds is 4. The maximum Gasteiger partial charge on any atom is 0.266 e. The van der Waals surface area contributed by atoms with E-state index in [1.165, 1.54) is 18.2 Å². The van der Waals surface area contributed by atoms with Crippen molar-refractivity contribution in [1.82, 2.24) is 10.3 Å². The van der Waals surface area contributed by atoms with Crippen molar-refractivity contribution >= 4 is 15.9 Å². The van der Waals surface area contributed by atoms with Crippen LogP contribution in [-0.2, 0) is 10.0 Å². The summed E-state index contributed by atoms with van der Waals surface area (Å²) in [6.45, 7) is 0.718. The number of carbonyl (C=O) groups excluding carboxylic acids is 1. The molecule has 2 aromatic carbocycles. The summed E-state index contributed by atoms with van der Waals surface area (Å²) in [5.41, 5.74) is 2.06. The number of hydrogen-bond donors (Lipinski definition) is 2. The highest BCUT2D eigenvalue weighted by atomic mass is 32.2. The lowest BCUT2D eigenvalue weighted by molar-refractivity contribution is 0.0943. The van der Waals surface area contributed by atoms with Gasteiger partial charge in [0.2, 0.25) is 0 Å². The van der Waals surface area contributed by atoms with E-state index in [4.69, 9.17) is 9.47 Å². The molecule has 1 heterocycles. The molecule has 0 unspecified atom stereocenters. The Morgan fingerprint density at radius 1 is 1.00 bits per heavy atom. The molecule has 0 fully saturated rings. The first-order valence-corrected chi connectivity index (χ1v) is 8.52. The molecule has 7 nitrogen and oxygen atoms in total. The Labute approximate surface area is 141 Å². The molecule has 0 radical (unpaired) electrons. The topological polar surface area (TPSA) is 93.7 Å². The van der Waals surface area contributed by atoms with Crippen LogP contribution >= 0.6 is 0 Å². The van der Waals surface area contributed by atoms with Crippen molar-refractivity contribution in [2.75, 3.05) is 13.2 Å². The van der Waals surface area contributed by atoms with E-state index < -0.39 is 32.5 Å². The molecule has 1 amide bonds. The summed E-state index contributed by atoms with van der Waals surface area (Å²) in [5.74, 6) is -2.16. The zero-order valence-electron chi connectivity index (χ0n) is 12.6. The van der Waals surface area contributed by atoms with Gasteiger partial charge in [-0.05, 0) is 30.3 Å². The molecule has 0 spiro atoms. The molecule has 0 atom stereocenters. The van der Waals surface area contributed by atoms with E-state index in [0.29, 0.717) is 30.8 Å². The third kappa shape index (κ3) is 3.69. The van der Waals surface area contributed by atoms with Gasteiger partial charge in [0.15, 0.2) is 11.5 Å². The van der Waals surface area contributed by atoms with Crippen molar-refractivity contribution < 1.29 is 31.5 Å². The zero-order valence-corrected chi connectivity index (χ0v) is 13.4. The zero-order chi connectivity index (χ0) is 18.0. The minimum atomic E-state index is -4.41. The molecule has 0 saturated carbocycles. The van der Waals surface area contributed by atoms with Crippen LogP contribution in [-0.4, -0.2) is 27.5 Å². The van der Waals surface area contributed by atoms with Crippen LogP contribution in [0.3, 0.4) is 0 Å². The lowest BCUT2D eigenvalue weighted by atomic mass is 10.2. The van der Waals surface area contributed by atoms with Gasteiger partial charge in [-0.25, -0.2) is 17.2 Å². The Kier molecular flexibility index (Phi) is 4.55. The summed E-state index contributed by atoms with van der Waals surface area (Å²) < 4.78 is 61.1. The van der Waals surface area contributed by atoms with Crippen molar-refractivity contribution in [1.29, 1.82) is 0 Å². The van der Waals surface area contributed by atoms with E-state index in [-0.39, 0.29) is 5.56 Å². The molecule has 1 aliphatic rings. The SMILES string of the molecule is O=C(NNS(=O)(=O)c1ccc(F)cc1F)c1ccc2c(c1)OCCO2. The third-order valence-corrected chi connectivity index (χ3v) is 4.57. The Morgan fingerprint density at radius 2 is 1.72 bits per heavy atom. The van der Waals surface area contributed by atoms with Gasteiger partial charge in [0, 0.05) is 11.6 Å². The predicted molar refractivity (Wildman–Crippen MR) is 81.6 cm³/mol. The minimum absolute atomic E-state index is 0.103. The van der Waals surface area contributed by atoms with E-state index in [0.717, 1.165) is 12.1 Å². The summed E-state index contributed by atoms with van der Waals surface area (Å²) in [4.78, 5) is 13.0. The number of amides is 1. The molecule has 132 valence electrons. The molecular weight excluding hydrogens is 358 g/mol. The van der Waals surface area contributed by atoms with Crippen molar-refractivity contribution in [2.24, 2.45) is 0 Å². The predicted octanol–water partition coefficient (Wildman–Crippen LogP) is 1.36. The van der Waals surface area contributed by atoms with Gasteiger partial charge < -0.3 is 9.47 Å². The van der Waals surface area contributed by atoms with Gasteiger partial charge in [0.05, 0.1) is 0 Å². The fraction of sp³-hybridized carbons (Fsp3) is 0.133. The Balaban J connectivity index is 1.73. The van der Waals surface area contributed by atoms with Gasteiger partial charge in [-0.15, -0.1) is 4.83 Å². The fourth-order valence-electron chi connectivity index (χ4n) is 2.12. The minimum Gasteiger partial charge on any atom is -0.486 e. The average Bonchev–Trinajstić information content (AvgIpc) is 2.59. The first kappa shape index (κ1) is 17.1. The summed E-state index contributed by atoms with van der Waals surface area (Å²) in [6, 6.07) is 6.28. The number of hydrazine groups is 1. The van der Waals surface area contributed by atoms with Gasteiger partial charge in [-0.1, -0.05) is 0 Å². The van der Waals surface area contributed by atoms with E-state index in [9.17, 15) is 22.0 Å². The molecule has 0 aliphatic carbocycles. The van der Waals surface area contributed by atoms with Crippen LogP contribution in [0.4, 0.5) is 8.78 Å². The van der Waals surface area contributed by atoms with E-state index in [2.05, 4.69) is 0 Å². The highest BCUT2D eigenvalue weighted by Gasteiger charge is 2.21. The van der Waals surface area contributed by atoms with E-state index in [1.54, 1.807) is 4.83 Å². The summed E-state index contributed by atoms with van der Waals surface area (Å²) in [6.07, 6.45) is 0. The molecule has 10 heteroatoms. The standard InChI is InChI=1S/C15H12F2N2O5S/c16-10-2-4-14(11(17)8-10)25(21,22)19-18-15(20)9-1-3-12-13(7-9)24-6-5-23-12/h1-4,7-8,19H,5-6H2,(H,18,20). The maximum absolute atomic E-state index is 13.6. The van der Waals surface area contributed by atoms with Crippen molar-refractivity contribution in [2.45, 2.75) is 4.90 Å². The summed E-state index contributed by atoms with van der Waals surface area (Å²) in [7, 11) is -4.41. The Morgan fingerprint density at radius 3 is 2.44 bits per heavy atom. The number of benzene rings is 2.